The number of nitrogens with two attached hydrogens (primary N) is 1. The molecular weight excluding hydrogens is 230 g/mol. The van der Waals surface area contributed by atoms with Crippen LogP contribution in [0.25, 0.3) is 5.82 Å². The Morgan fingerprint density at radius 3 is 2.56 bits per heavy atom. The first-order chi connectivity index (χ1) is 8.49. The Bertz CT molecular complexity index is 551. The van der Waals surface area contributed by atoms with E-state index in [9.17, 15) is 4.79 Å². The fraction of sp³-hybridized carbons (Fsp3) is 0.250. The van der Waals surface area contributed by atoms with Crippen LogP contribution in [0.1, 0.15) is 15.9 Å². The number of amides is 1. The molecule has 2 N–H and O–H groups in total. The average Bonchev–Trinajstić information content (AvgIpc) is 2.69. The predicted molar refractivity (Wildman–Crippen MR) is 68.5 cm³/mol. The van der Waals surface area contributed by atoms with Gasteiger partial charge in [-0.25, -0.2) is 9.67 Å². The van der Waals surface area contributed by atoms with Crippen molar-refractivity contribution in [2.45, 2.75) is 6.92 Å². The molecule has 2 aromatic heterocycles. The van der Waals surface area contributed by atoms with E-state index in [1.165, 1.54) is 11.1 Å². The van der Waals surface area contributed by atoms with Crippen LogP contribution in [0.2, 0.25) is 0 Å². The summed E-state index contributed by atoms with van der Waals surface area (Å²) in [5.74, 6) is 1.03. The van der Waals surface area contributed by atoms with Crippen LogP contribution in [0, 0.1) is 6.92 Å². The quantitative estimate of drug-likeness (QED) is 0.851. The molecule has 2 aromatic rings. The van der Waals surface area contributed by atoms with E-state index in [1.54, 1.807) is 37.1 Å². The summed E-state index contributed by atoms with van der Waals surface area (Å²) in [5.41, 5.74) is 7.11. The maximum Gasteiger partial charge on any atom is 0.254 e. The van der Waals surface area contributed by atoms with E-state index in [4.69, 9.17) is 5.73 Å². The highest BCUT2D eigenvalue weighted by atomic mass is 16.2. The van der Waals surface area contributed by atoms with Crippen LogP contribution in [0.3, 0.4) is 0 Å². The van der Waals surface area contributed by atoms with Gasteiger partial charge in [-0.05, 0) is 19.1 Å². The van der Waals surface area contributed by atoms with Crippen molar-refractivity contribution in [3.8, 4) is 5.82 Å². The molecule has 1 amide bonds. The average molecular weight is 245 g/mol. The van der Waals surface area contributed by atoms with E-state index in [-0.39, 0.29) is 5.91 Å². The van der Waals surface area contributed by atoms with E-state index in [0.717, 1.165) is 5.56 Å². The zero-order valence-corrected chi connectivity index (χ0v) is 10.6. The van der Waals surface area contributed by atoms with E-state index in [1.807, 2.05) is 6.92 Å². The van der Waals surface area contributed by atoms with Crippen molar-refractivity contribution < 1.29 is 4.79 Å². The highest BCUT2D eigenvalue weighted by Gasteiger charge is 2.09. The molecule has 0 unspecified atom stereocenters. The van der Waals surface area contributed by atoms with E-state index >= 15 is 0 Å². The fourth-order valence-corrected chi connectivity index (χ4v) is 1.50. The molecular formula is C12H15N5O. The number of rotatable bonds is 2. The SMILES string of the molecule is Cc1cn(-c2ccc(C(=O)N(C)C)cn2)nc1N. The Morgan fingerprint density at radius 2 is 2.11 bits per heavy atom. The van der Waals surface area contributed by atoms with Gasteiger partial charge in [-0.15, -0.1) is 5.10 Å². The fourth-order valence-electron chi connectivity index (χ4n) is 1.50. The lowest BCUT2D eigenvalue weighted by Gasteiger charge is -2.09. The molecule has 0 saturated carbocycles. The maximum absolute atomic E-state index is 11.7. The van der Waals surface area contributed by atoms with Gasteiger partial charge in [0.1, 0.15) is 5.82 Å². The molecule has 0 saturated heterocycles. The van der Waals surface area contributed by atoms with Crippen molar-refractivity contribution in [1.29, 1.82) is 0 Å². The number of nitrogens with zero attached hydrogens (tertiary/aromatic N) is 4. The number of nitrogen functional groups attached to an aromatic ring is 1. The Morgan fingerprint density at radius 1 is 1.39 bits per heavy atom. The van der Waals surface area contributed by atoms with Crippen molar-refractivity contribution in [2.75, 3.05) is 19.8 Å². The first-order valence-corrected chi connectivity index (χ1v) is 5.49. The molecule has 2 heterocycles. The molecule has 0 spiro atoms. The Labute approximate surface area is 105 Å². The number of aryl methyl sites for hydroxylation is 1. The van der Waals surface area contributed by atoms with Gasteiger partial charge in [-0.3, -0.25) is 4.79 Å². The third kappa shape index (κ3) is 2.17. The van der Waals surface area contributed by atoms with E-state index in [2.05, 4.69) is 10.1 Å². The molecule has 6 nitrogen and oxygen atoms in total. The summed E-state index contributed by atoms with van der Waals surface area (Å²) in [7, 11) is 3.40. The molecule has 18 heavy (non-hydrogen) atoms. The highest BCUT2D eigenvalue weighted by molar-refractivity contribution is 5.93. The van der Waals surface area contributed by atoms with Crippen molar-refractivity contribution in [2.24, 2.45) is 0 Å². The van der Waals surface area contributed by atoms with Gasteiger partial charge in [0.15, 0.2) is 5.82 Å². The second kappa shape index (κ2) is 4.48. The summed E-state index contributed by atoms with van der Waals surface area (Å²) in [4.78, 5) is 17.4. The van der Waals surface area contributed by atoms with Crippen molar-refractivity contribution >= 4 is 11.7 Å². The minimum atomic E-state index is -0.0785. The van der Waals surface area contributed by atoms with Crippen LogP contribution < -0.4 is 5.73 Å². The van der Waals surface area contributed by atoms with Gasteiger partial charge in [0.2, 0.25) is 0 Å². The third-order valence-electron chi connectivity index (χ3n) is 2.57. The molecule has 0 atom stereocenters. The summed E-state index contributed by atoms with van der Waals surface area (Å²) in [6, 6.07) is 3.46. The standard InChI is InChI=1S/C12H15N5O/c1-8-7-17(15-11(8)13)10-5-4-9(6-14-10)12(18)16(2)3/h4-7H,1-3H3,(H2,13,15). The Balaban J connectivity index is 2.30. The van der Waals surface area contributed by atoms with Crippen LogP contribution in [0.5, 0.6) is 0 Å². The van der Waals surface area contributed by atoms with Gasteiger partial charge in [-0.2, -0.15) is 0 Å². The zero-order valence-electron chi connectivity index (χ0n) is 10.6. The Kier molecular flexibility index (Phi) is 3.01. The topological polar surface area (TPSA) is 77.0 Å². The summed E-state index contributed by atoms with van der Waals surface area (Å²) in [6.45, 7) is 1.88. The smallest absolute Gasteiger partial charge is 0.254 e. The number of hydrogen-bond donors (Lipinski definition) is 1. The van der Waals surface area contributed by atoms with Gasteiger partial charge < -0.3 is 10.6 Å². The first kappa shape index (κ1) is 12.1. The number of carbonyl (C=O) groups is 1. The van der Waals surface area contributed by atoms with Crippen LogP contribution >= 0.6 is 0 Å². The minimum Gasteiger partial charge on any atom is -0.382 e. The molecule has 2 rings (SSSR count). The first-order valence-electron chi connectivity index (χ1n) is 5.49. The van der Waals surface area contributed by atoms with Gasteiger partial charge in [0.25, 0.3) is 5.91 Å². The zero-order chi connectivity index (χ0) is 13.3. The van der Waals surface area contributed by atoms with Crippen LogP contribution in [-0.2, 0) is 0 Å². The van der Waals surface area contributed by atoms with Gasteiger partial charge >= 0.3 is 0 Å². The summed E-state index contributed by atoms with van der Waals surface area (Å²) < 4.78 is 1.59. The lowest BCUT2D eigenvalue weighted by molar-refractivity contribution is 0.0827. The lowest BCUT2D eigenvalue weighted by atomic mass is 10.2. The third-order valence-corrected chi connectivity index (χ3v) is 2.57. The van der Waals surface area contributed by atoms with Crippen molar-refractivity contribution in [3.05, 3.63) is 35.7 Å². The van der Waals surface area contributed by atoms with E-state index < -0.39 is 0 Å². The monoisotopic (exact) mass is 245 g/mol. The predicted octanol–water partition coefficient (Wildman–Crippen LogP) is 0.860. The minimum absolute atomic E-state index is 0.0785. The second-order valence-corrected chi connectivity index (χ2v) is 4.25. The molecule has 94 valence electrons. The van der Waals surface area contributed by atoms with Gasteiger partial charge in [-0.1, -0.05) is 0 Å². The summed E-state index contributed by atoms with van der Waals surface area (Å²) >= 11 is 0. The van der Waals surface area contributed by atoms with E-state index in [0.29, 0.717) is 17.2 Å². The number of aromatic nitrogens is 3. The number of anilines is 1. The van der Waals surface area contributed by atoms with Crippen LogP contribution in [0.15, 0.2) is 24.5 Å². The lowest BCUT2D eigenvalue weighted by Crippen LogP contribution is -2.21. The molecule has 0 radical (unpaired) electrons. The Hall–Kier alpha value is -2.37. The summed E-state index contributed by atoms with van der Waals surface area (Å²) in [5, 5.41) is 4.13. The molecule has 0 aromatic carbocycles. The molecule has 0 aliphatic rings. The molecule has 0 bridgehead atoms. The van der Waals surface area contributed by atoms with Crippen LogP contribution in [-0.4, -0.2) is 39.7 Å². The normalized spacial score (nSPS) is 10.4. The molecule has 6 heteroatoms. The van der Waals surface area contributed by atoms with Gasteiger partial charge in [0.05, 0.1) is 5.56 Å². The highest BCUT2D eigenvalue weighted by Crippen LogP contribution is 2.11. The largest absolute Gasteiger partial charge is 0.382 e. The molecule has 0 aliphatic carbocycles. The van der Waals surface area contributed by atoms with Crippen molar-refractivity contribution in [1.82, 2.24) is 19.7 Å². The maximum atomic E-state index is 11.7. The molecule has 0 fully saturated rings. The number of carbonyl (C=O) groups excluding carboxylic acids is 1. The second-order valence-electron chi connectivity index (χ2n) is 4.25. The number of hydrogen-bond acceptors (Lipinski definition) is 4. The molecule has 0 aliphatic heterocycles. The van der Waals surface area contributed by atoms with Gasteiger partial charge in [0, 0.05) is 32.1 Å². The number of pyridine rings is 1. The van der Waals surface area contributed by atoms with Crippen molar-refractivity contribution in [3.63, 3.8) is 0 Å². The van der Waals surface area contributed by atoms with Crippen LogP contribution in [0.4, 0.5) is 5.82 Å². The summed E-state index contributed by atoms with van der Waals surface area (Å²) in [6.07, 6.45) is 3.33.